The third-order valence-electron chi connectivity index (χ3n) is 4.15. The largest absolute Gasteiger partial charge is 0.496 e. The third-order valence-corrected chi connectivity index (χ3v) is 4.64. The molecule has 2 aromatic carbocycles. The number of aromatic nitrogens is 4. The quantitative estimate of drug-likeness (QED) is 0.568. The van der Waals surface area contributed by atoms with E-state index in [2.05, 4.69) is 31.0 Å². The van der Waals surface area contributed by atoms with E-state index in [0.717, 1.165) is 26.3 Å². The Morgan fingerprint density at radius 1 is 1.20 bits per heavy atom. The molecule has 4 aromatic rings. The molecule has 1 atom stereocenters. The van der Waals surface area contributed by atoms with Crippen molar-refractivity contribution in [1.82, 2.24) is 19.7 Å². The van der Waals surface area contributed by atoms with Crippen molar-refractivity contribution in [3.63, 3.8) is 0 Å². The molecular formula is C18H15BrN4O2. The number of hydrogen-bond donors (Lipinski definition) is 1. The van der Waals surface area contributed by atoms with Gasteiger partial charge in [-0.2, -0.15) is 5.10 Å². The summed E-state index contributed by atoms with van der Waals surface area (Å²) >= 11 is 3.47. The third kappa shape index (κ3) is 2.65. The Hall–Kier alpha value is -2.51. The van der Waals surface area contributed by atoms with Crippen molar-refractivity contribution in [2.45, 2.75) is 13.0 Å². The molecule has 0 amide bonds. The van der Waals surface area contributed by atoms with Crippen LogP contribution in [-0.4, -0.2) is 32.0 Å². The fraction of sp³-hybridized carbons (Fsp3) is 0.167. The fourth-order valence-corrected chi connectivity index (χ4v) is 3.31. The molecule has 25 heavy (non-hydrogen) atoms. The number of fused-ring (bicyclic) bond motifs is 2. The second-order valence-electron chi connectivity index (χ2n) is 5.74. The topological polar surface area (TPSA) is 73.1 Å². The lowest BCUT2D eigenvalue weighted by Gasteiger charge is -2.14. The Morgan fingerprint density at radius 3 is 2.80 bits per heavy atom. The summed E-state index contributed by atoms with van der Waals surface area (Å²) < 4.78 is 8.16. The van der Waals surface area contributed by atoms with Crippen molar-refractivity contribution >= 4 is 37.7 Å². The minimum absolute atomic E-state index is 0.599. The summed E-state index contributed by atoms with van der Waals surface area (Å²) in [6.45, 7) is 1.70. The van der Waals surface area contributed by atoms with Crippen molar-refractivity contribution in [3.05, 3.63) is 52.9 Å². The van der Waals surface area contributed by atoms with Crippen LogP contribution >= 0.6 is 15.9 Å². The fourth-order valence-electron chi connectivity index (χ4n) is 2.93. The summed E-state index contributed by atoms with van der Waals surface area (Å²) in [5, 5.41) is 16.4. The molecule has 0 bridgehead atoms. The van der Waals surface area contributed by atoms with E-state index in [1.54, 1.807) is 24.9 Å². The summed E-state index contributed by atoms with van der Waals surface area (Å²) in [7, 11) is 1.58. The number of hydrogen-bond acceptors (Lipinski definition) is 5. The standard InChI is InChI=1S/C18H15BrN4O2/c1-10(24)13-6-14-15(7-17(13)25-2)20-9-21-18(14)23-16-4-3-12(19)5-11(16)8-22-23/h3-10,24H,1-2H3. The molecule has 0 spiro atoms. The molecule has 0 aliphatic heterocycles. The van der Waals surface area contributed by atoms with Crippen molar-refractivity contribution < 1.29 is 9.84 Å². The van der Waals surface area contributed by atoms with Crippen molar-refractivity contribution in [1.29, 1.82) is 0 Å². The van der Waals surface area contributed by atoms with Gasteiger partial charge in [-0.1, -0.05) is 15.9 Å². The number of ether oxygens (including phenoxy) is 1. The van der Waals surface area contributed by atoms with Gasteiger partial charge in [0.15, 0.2) is 5.82 Å². The Balaban J connectivity index is 2.02. The van der Waals surface area contributed by atoms with Crippen LogP contribution < -0.4 is 4.74 Å². The first kappa shape index (κ1) is 16.0. The van der Waals surface area contributed by atoms with E-state index in [1.165, 1.54) is 6.33 Å². The van der Waals surface area contributed by atoms with Crippen LogP contribution in [0.25, 0.3) is 27.6 Å². The summed E-state index contributed by atoms with van der Waals surface area (Å²) in [6.07, 6.45) is 2.64. The predicted molar refractivity (Wildman–Crippen MR) is 99.1 cm³/mol. The van der Waals surface area contributed by atoms with E-state index in [4.69, 9.17) is 4.74 Å². The number of aliphatic hydroxyl groups is 1. The van der Waals surface area contributed by atoms with Crippen molar-refractivity contribution in [3.8, 4) is 11.6 Å². The number of rotatable bonds is 3. The van der Waals surface area contributed by atoms with Gasteiger partial charge in [0.25, 0.3) is 0 Å². The minimum Gasteiger partial charge on any atom is -0.496 e. The Labute approximate surface area is 152 Å². The van der Waals surface area contributed by atoms with E-state index >= 15 is 0 Å². The lowest BCUT2D eigenvalue weighted by molar-refractivity contribution is 0.194. The molecule has 0 saturated carbocycles. The summed E-state index contributed by atoms with van der Waals surface area (Å²) in [6, 6.07) is 9.63. The van der Waals surface area contributed by atoms with Crippen LogP contribution in [0.15, 0.2) is 47.3 Å². The highest BCUT2D eigenvalue weighted by Gasteiger charge is 2.16. The van der Waals surface area contributed by atoms with Gasteiger partial charge >= 0.3 is 0 Å². The second kappa shape index (κ2) is 6.09. The lowest BCUT2D eigenvalue weighted by Crippen LogP contribution is -2.03. The van der Waals surface area contributed by atoms with E-state index in [0.29, 0.717) is 17.1 Å². The molecular weight excluding hydrogens is 384 g/mol. The van der Waals surface area contributed by atoms with Crippen LogP contribution in [-0.2, 0) is 0 Å². The number of methoxy groups -OCH3 is 1. The number of benzene rings is 2. The molecule has 1 N–H and O–H groups in total. The van der Waals surface area contributed by atoms with Gasteiger partial charge < -0.3 is 9.84 Å². The minimum atomic E-state index is -0.669. The first-order valence-electron chi connectivity index (χ1n) is 7.73. The van der Waals surface area contributed by atoms with Crippen LogP contribution in [0.4, 0.5) is 0 Å². The zero-order valence-electron chi connectivity index (χ0n) is 13.6. The first-order chi connectivity index (χ1) is 12.1. The highest BCUT2D eigenvalue weighted by atomic mass is 79.9. The van der Waals surface area contributed by atoms with Gasteiger partial charge in [-0.15, -0.1) is 0 Å². The summed E-state index contributed by atoms with van der Waals surface area (Å²) in [5.41, 5.74) is 2.36. The molecule has 1 unspecified atom stereocenters. The summed E-state index contributed by atoms with van der Waals surface area (Å²) in [4.78, 5) is 8.77. The van der Waals surface area contributed by atoms with Crippen LogP contribution in [0.1, 0.15) is 18.6 Å². The van der Waals surface area contributed by atoms with Gasteiger partial charge in [-0.05, 0) is 31.2 Å². The average molecular weight is 399 g/mol. The maximum atomic E-state index is 10.1. The Morgan fingerprint density at radius 2 is 2.04 bits per heavy atom. The molecule has 0 saturated heterocycles. The SMILES string of the molecule is COc1cc2ncnc(-n3ncc4cc(Br)ccc43)c2cc1C(C)O. The molecule has 0 radical (unpaired) electrons. The van der Waals surface area contributed by atoms with Gasteiger partial charge in [-0.25, -0.2) is 14.6 Å². The van der Waals surface area contributed by atoms with E-state index in [1.807, 2.05) is 30.3 Å². The zero-order chi connectivity index (χ0) is 17.6. The molecule has 0 fully saturated rings. The first-order valence-corrected chi connectivity index (χ1v) is 8.52. The molecule has 7 heteroatoms. The monoisotopic (exact) mass is 398 g/mol. The maximum Gasteiger partial charge on any atom is 0.165 e. The van der Waals surface area contributed by atoms with Crippen LogP contribution in [0.3, 0.4) is 0 Å². The van der Waals surface area contributed by atoms with Crippen LogP contribution in [0, 0.1) is 0 Å². The predicted octanol–water partition coefficient (Wildman–Crippen LogP) is 3.79. The normalized spacial score (nSPS) is 12.6. The Kier molecular flexibility index (Phi) is 3.89. The molecule has 126 valence electrons. The van der Waals surface area contributed by atoms with Crippen LogP contribution in [0.2, 0.25) is 0 Å². The van der Waals surface area contributed by atoms with E-state index in [9.17, 15) is 5.11 Å². The zero-order valence-corrected chi connectivity index (χ0v) is 15.2. The van der Waals surface area contributed by atoms with E-state index in [-0.39, 0.29) is 0 Å². The highest BCUT2D eigenvalue weighted by molar-refractivity contribution is 9.10. The summed E-state index contributed by atoms with van der Waals surface area (Å²) in [5.74, 6) is 1.26. The van der Waals surface area contributed by atoms with Gasteiger partial charge in [0, 0.05) is 26.9 Å². The van der Waals surface area contributed by atoms with Crippen molar-refractivity contribution in [2.24, 2.45) is 0 Å². The smallest absolute Gasteiger partial charge is 0.165 e. The van der Waals surface area contributed by atoms with Gasteiger partial charge in [0.1, 0.15) is 12.1 Å². The molecule has 6 nitrogen and oxygen atoms in total. The van der Waals surface area contributed by atoms with Gasteiger partial charge in [0.2, 0.25) is 0 Å². The number of aliphatic hydroxyl groups excluding tert-OH is 1. The van der Waals surface area contributed by atoms with Crippen molar-refractivity contribution in [2.75, 3.05) is 7.11 Å². The van der Waals surface area contributed by atoms with E-state index < -0.39 is 6.10 Å². The number of nitrogens with zero attached hydrogens (tertiary/aromatic N) is 4. The maximum absolute atomic E-state index is 10.1. The second-order valence-corrected chi connectivity index (χ2v) is 6.66. The average Bonchev–Trinajstić information content (AvgIpc) is 3.02. The molecule has 0 aliphatic carbocycles. The Bertz CT molecular complexity index is 1090. The number of halogens is 1. The molecule has 4 rings (SSSR count). The molecule has 2 heterocycles. The molecule has 0 aliphatic rings. The van der Waals surface area contributed by atoms with Gasteiger partial charge in [-0.3, -0.25) is 0 Å². The molecule has 2 aromatic heterocycles. The highest BCUT2D eigenvalue weighted by Crippen LogP contribution is 2.32. The lowest BCUT2D eigenvalue weighted by atomic mass is 10.1. The van der Waals surface area contributed by atoms with Gasteiger partial charge in [0.05, 0.1) is 30.4 Å². The van der Waals surface area contributed by atoms with Crippen LogP contribution in [0.5, 0.6) is 5.75 Å².